The van der Waals surface area contributed by atoms with Crippen molar-refractivity contribution in [2.45, 2.75) is 71.1 Å². The van der Waals surface area contributed by atoms with Crippen LogP contribution in [0.5, 0.6) is 5.75 Å². The monoisotopic (exact) mass is 605 g/mol. The lowest BCUT2D eigenvalue weighted by molar-refractivity contribution is -0.137. The molecule has 0 saturated carbocycles. The number of hydrogen-bond donors (Lipinski definition) is 1. The number of carboxylic acids is 1. The lowest BCUT2D eigenvalue weighted by Gasteiger charge is -2.14. The Labute approximate surface area is 257 Å². The molecule has 0 bridgehead atoms. The van der Waals surface area contributed by atoms with Crippen LogP contribution in [0.15, 0.2) is 65.7 Å². The summed E-state index contributed by atoms with van der Waals surface area (Å²) in [6.45, 7) is 3.37. The van der Waals surface area contributed by atoms with Gasteiger partial charge in [0.1, 0.15) is 10.1 Å². The fourth-order valence-electron chi connectivity index (χ4n) is 4.80. The quantitative estimate of drug-likeness (QED) is 0.0945. The maximum absolute atomic E-state index is 13.4. The Balaban J connectivity index is 1.39. The number of aromatic nitrogens is 2. The molecule has 4 rings (SSSR count). The van der Waals surface area contributed by atoms with E-state index in [1.165, 1.54) is 11.8 Å². The minimum atomic E-state index is -0.716. The lowest BCUT2D eigenvalue weighted by Crippen LogP contribution is -2.29. The average Bonchev–Trinajstić information content (AvgIpc) is 3.53. The maximum Gasteiger partial charge on any atom is 0.303 e. The van der Waals surface area contributed by atoms with E-state index in [2.05, 4.69) is 6.92 Å². The second-order valence-corrected chi connectivity index (χ2v) is 12.1. The molecule has 42 heavy (non-hydrogen) atoms. The van der Waals surface area contributed by atoms with E-state index < -0.39 is 5.97 Å². The summed E-state index contributed by atoms with van der Waals surface area (Å²) in [5, 5.41) is 13.6. The van der Waals surface area contributed by atoms with Crippen molar-refractivity contribution in [1.82, 2.24) is 14.7 Å². The molecular formula is C33H39N3O4S2. The van der Waals surface area contributed by atoms with Crippen molar-refractivity contribution in [3.63, 3.8) is 0 Å². The number of carboxylic acid groups (broad SMARTS) is 1. The number of carbonyl (C=O) groups excluding carboxylic acids is 1. The zero-order valence-electron chi connectivity index (χ0n) is 24.2. The first-order valence-corrected chi connectivity index (χ1v) is 16.0. The summed E-state index contributed by atoms with van der Waals surface area (Å²) >= 11 is 6.95. The first-order chi connectivity index (χ1) is 20.5. The van der Waals surface area contributed by atoms with Crippen LogP contribution in [0.1, 0.15) is 76.7 Å². The number of thioether (sulfide) groups is 1. The van der Waals surface area contributed by atoms with E-state index in [-0.39, 0.29) is 12.3 Å². The van der Waals surface area contributed by atoms with Crippen molar-refractivity contribution in [3.05, 3.63) is 71.3 Å². The van der Waals surface area contributed by atoms with Gasteiger partial charge < -0.3 is 9.84 Å². The van der Waals surface area contributed by atoms with Crippen molar-refractivity contribution in [3.8, 4) is 22.7 Å². The molecule has 2 heterocycles. The third-order valence-electron chi connectivity index (χ3n) is 7.05. The average molecular weight is 606 g/mol. The Bertz CT molecular complexity index is 1370. The molecule has 0 unspecified atom stereocenters. The van der Waals surface area contributed by atoms with Crippen LogP contribution in [-0.2, 0) is 9.59 Å². The number of hydrogen-bond acceptors (Lipinski definition) is 6. The molecule has 1 aromatic heterocycles. The third kappa shape index (κ3) is 9.03. The topological polar surface area (TPSA) is 84.7 Å². The Morgan fingerprint density at radius 2 is 1.64 bits per heavy atom. The molecule has 1 aliphatic rings. The molecule has 0 spiro atoms. The van der Waals surface area contributed by atoms with Gasteiger partial charge in [0, 0.05) is 30.3 Å². The van der Waals surface area contributed by atoms with Crippen LogP contribution in [0.25, 0.3) is 23.0 Å². The standard InChI is InChI=1S/C33H39N3O4S2/c1-2-22-40-28-19-17-25(18-20-28)31-26(24-36(34-31)27-14-10-9-11-15-27)23-29-32(39)35(33(41)42-29)21-13-8-6-4-3-5-7-12-16-30(37)38/h9-11,14-15,17-20,23-24H,2-8,12-13,16,21-22H2,1H3,(H,37,38)/b29-23+. The molecular weight excluding hydrogens is 567 g/mol. The highest BCUT2D eigenvalue weighted by Crippen LogP contribution is 2.35. The van der Waals surface area contributed by atoms with Gasteiger partial charge in [-0.3, -0.25) is 14.5 Å². The third-order valence-corrected chi connectivity index (χ3v) is 8.42. The molecule has 9 heteroatoms. The highest BCUT2D eigenvalue weighted by Gasteiger charge is 2.32. The van der Waals surface area contributed by atoms with E-state index in [1.807, 2.05) is 71.6 Å². The second kappa shape index (κ2) is 16.3. The van der Waals surface area contributed by atoms with Gasteiger partial charge in [-0.25, -0.2) is 4.68 Å². The number of thiocarbonyl (C=S) groups is 1. The largest absolute Gasteiger partial charge is 0.494 e. The summed E-state index contributed by atoms with van der Waals surface area (Å²) in [4.78, 5) is 26.3. The molecule has 1 N–H and O–H groups in total. The first kappa shape index (κ1) is 31.5. The van der Waals surface area contributed by atoms with Crippen LogP contribution in [0.4, 0.5) is 0 Å². The number of aliphatic carboxylic acids is 1. The van der Waals surface area contributed by atoms with E-state index in [0.717, 1.165) is 86.0 Å². The van der Waals surface area contributed by atoms with Gasteiger partial charge in [0.2, 0.25) is 0 Å². The van der Waals surface area contributed by atoms with Gasteiger partial charge in [0.25, 0.3) is 5.91 Å². The summed E-state index contributed by atoms with van der Waals surface area (Å²) in [6, 6.07) is 17.8. The SMILES string of the molecule is CCCOc1ccc(-c2nn(-c3ccccc3)cc2/C=C2/SC(=S)N(CCCCCCCCCCC(=O)O)C2=O)cc1. The van der Waals surface area contributed by atoms with Crippen molar-refractivity contribution < 1.29 is 19.4 Å². The number of carbonyl (C=O) groups is 2. The van der Waals surface area contributed by atoms with Gasteiger partial charge in [-0.1, -0.05) is 87.6 Å². The lowest BCUT2D eigenvalue weighted by atomic mass is 10.1. The van der Waals surface area contributed by atoms with Gasteiger partial charge >= 0.3 is 5.97 Å². The summed E-state index contributed by atoms with van der Waals surface area (Å²) in [5.74, 6) is 0.0534. The zero-order chi connectivity index (χ0) is 29.7. The predicted octanol–water partition coefficient (Wildman–Crippen LogP) is 8.12. The van der Waals surface area contributed by atoms with Crippen LogP contribution < -0.4 is 4.74 Å². The number of para-hydroxylation sites is 1. The number of rotatable bonds is 17. The number of ether oxygens (including phenoxy) is 1. The Hall–Kier alpha value is -3.43. The molecule has 7 nitrogen and oxygen atoms in total. The van der Waals surface area contributed by atoms with Crippen LogP contribution in [0, 0.1) is 0 Å². The van der Waals surface area contributed by atoms with E-state index in [1.54, 1.807) is 4.90 Å². The minimum Gasteiger partial charge on any atom is -0.494 e. The fraction of sp³-hybridized carbons (Fsp3) is 0.394. The Morgan fingerprint density at radius 1 is 0.976 bits per heavy atom. The normalized spacial score (nSPS) is 14.2. The molecule has 1 amide bonds. The smallest absolute Gasteiger partial charge is 0.303 e. The van der Waals surface area contributed by atoms with Crippen molar-refractivity contribution in [1.29, 1.82) is 0 Å². The molecule has 1 fully saturated rings. The number of amides is 1. The molecule has 1 aliphatic heterocycles. The molecule has 0 aliphatic carbocycles. The second-order valence-electron chi connectivity index (χ2n) is 10.4. The highest BCUT2D eigenvalue weighted by atomic mass is 32.2. The predicted molar refractivity (Wildman–Crippen MR) is 174 cm³/mol. The zero-order valence-corrected chi connectivity index (χ0v) is 25.8. The summed E-state index contributed by atoms with van der Waals surface area (Å²) < 4.78 is 8.19. The fourth-order valence-corrected chi connectivity index (χ4v) is 6.10. The van der Waals surface area contributed by atoms with Crippen LogP contribution in [-0.4, -0.2) is 49.1 Å². The van der Waals surface area contributed by atoms with Gasteiger partial charge in [0.05, 0.1) is 22.9 Å². The minimum absolute atomic E-state index is 0.0508. The molecule has 0 atom stereocenters. The van der Waals surface area contributed by atoms with E-state index >= 15 is 0 Å². The van der Waals surface area contributed by atoms with Crippen molar-refractivity contribution in [2.24, 2.45) is 0 Å². The summed E-state index contributed by atoms with van der Waals surface area (Å²) in [7, 11) is 0. The van der Waals surface area contributed by atoms with E-state index in [0.29, 0.717) is 22.4 Å². The van der Waals surface area contributed by atoms with Gasteiger partial charge in [-0.05, 0) is 61.7 Å². The molecule has 222 valence electrons. The Morgan fingerprint density at radius 3 is 2.31 bits per heavy atom. The maximum atomic E-state index is 13.4. The van der Waals surface area contributed by atoms with Crippen LogP contribution in [0.2, 0.25) is 0 Å². The summed E-state index contributed by atoms with van der Waals surface area (Å²) in [5.41, 5.74) is 3.52. The van der Waals surface area contributed by atoms with E-state index in [4.69, 9.17) is 27.2 Å². The van der Waals surface area contributed by atoms with E-state index in [9.17, 15) is 9.59 Å². The van der Waals surface area contributed by atoms with Crippen molar-refractivity contribution >= 4 is 46.3 Å². The Kier molecular flexibility index (Phi) is 12.2. The molecule has 2 aromatic carbocycles. The number of nitrogens with zero attached hydrogens (tertiary/aromatic N) is 3. The summed E-state index contributed by atoms with van der Waals surface area (Å²) in [6.07, 6.45) is 13.2. The van der Waals surface area contributed by atoms with Gasteiger partial charge in [-0.2, -0.15) is 5.10 Å². The van der Waals surface area contributed by atoms with Crippen molar-refractivity contribution in [2.75, 3.05) is 13.2 Å². The van der Waals surface area contributed by atoms with Crippen LogP contribution >= 0.6 is 24.0 Å². The molecule has 3 aromatic rings. The molecule has 0 radical (unpaired) electrons. The van der Waals surface area contributed by atoms with Gasteiger partial charge in [-0.15, -0.1) is 0 Å². The highest BCUT2D eigenvalue weighted by molar-refractivity contribution is 8.26. The van der Waals surface area contributed by atoms with Gasteiger partial charge in [0.15, 0.2) is 0 Å². The number of benzene rings is 2. The number of unbranched alkanes of at least 4 members (excludes halogenated alkanes) is 7. The first-order valence-electron chi connectivity index (χ1n) is 14.8. The molecule has 1 saturated heterocycles. The van der Waals surface area contributed by atoms with Crippen LogP contribution in [0.3, 0.4) is 0 Å².